The van der Waals surface area contributed by atoms with Gasteiger partial charge in [0.15, 0.2) is 0 Å². The van der Waals surface area contributed by atoms with E-state index in [1.165, 1.54) is 25.1 Å². The fraction of sp³-hybridized carbons (Fsp3) is 0.647. The van der Waals surface area contributed by atoms with E-state index in [-0.39, 0.29) is 5.54 Å². The highest BCUT2D eigenvalue weighted by Gasteiger charge is 2.23. The zero-order chi connectivity index (χ0) is 14.6. The molecule has 1 N–H and O–H groups in total. The summed E-state index contributed by atoms with van der Waals surface area (Å²) in [4.78, 5) is 2.55. The molecule has 0 amide bonds. The third-order valence-corrected chi connectivity index (χ3v) is 3.86. The van der Waals surface area contributed by atoms with Gasteiger partial charge in [0.25, 0.3) is 0 Å². The summed E-state index contributed by atoms with van der Waals surface area (Å²) in [6, 6.07) is 8.42. The smallest absolute Gasteiger partial charge is 0.118 e. The van der Waals surface area contributed by atoms with Gasteiger partial charge >= 0.3 is 0 Å². The van der Waals surface area contributed by atoms with Crippen LogP contribution in [0, 0.1) is 5.92 Å². The van der Waals surface area contributed by atoms with Crippen LogP contribution in [0.3, 0.4) is 0 Å². The summed E-state index contributed by atoms with van der Waals surface area (Å²) in [6.07, 6.45) is 1.30. The predicted molar refractivity (Wildman–Crippen MR) is 84.1 cm³/mol. The van der Waals surface area contributed by atoms with Gasteiger partial charge < -0.3 is 10.1 Å². The Balaban J connectivity index is 1.77. The molecule has 112 valence electrons. The average Bonchev–Trinajstić information content (AvgIpc) is 2.84. The van der Waals surface area contributed by atoms with Crippen molar-refractivity contribution in [1.82, 2.24) is 10.2 Å². The van der Waals surface area contributed by atoms with Crippen molar-refractivity contribution >= 4 is 0 Å². The molecule has 0 bridgehead atoms. The van der Waals surface area contributed by atoms with Gasteiger partial charge in [-0.15, -0.1) is 0 Å². The van der Waals surface area contributed by atoms with Gasteiger partial charge in [-0.1, -0.05) is 12.1 Å². The van der Waals surface area contributed by atoms with E-state index in [9.17, 15) is 0 Å². The number of nitrogens with one attached hydrogen (secondary N) is 1. The number of methoxy groups -OCH3 is 1. The lowest BCUT2D eigenvalue weighted by atomic mass is 10.1. The van der Waals surface area contributed by atoms with Crippen molar-refractivity contribution in [2.75, 3.05) is 26.7 Å². The first-order valence-electron chi connectivity index (χ1n) is 7.56. The molecule has 0 aromatic heterocycles. The van der Waals surface area contributed by atoms with Crippen molar-refractivity contribution in [1.29, 1.82) is 0 Å². The minimum atomic E-state index is 0.226. The highest BCUT2D eigenvalue weighted by Crippen LogP contribution is 2.20. The van der Waals surface area contributed by atoms with E-state index in [2.05, 4.69) is 43.1 Å². The van der Waals surface area contributed by atoms with Crippen LogP contribution in [-0.4, -0.2) is 37.2 Å². The number of ether oxygens (including phenoxy) is 1. The second-order valence-corrected chi connectivity index (χ2v) is 6.87. The van der Waals surface area contributed by atoms with Gasteiger partial charge in [0.1, 0.15) is 5.75 Å². The van der Waals surface area contributed by atoms with Crippen LogP contribution in [0.4, 0.5) is 0 Å². The summed E-state index contributed by atoms with van der Waals surface area (Å²) in [5.41, 5.74) is 1.60. The average molecular weight is 276 g/mol. The molecular weight excluding hydrogens is 248 g/mol. The van der Waals surface area contributed by atoms with Crippen molar-refractivity contribution in [3.8, 4) is 5.75 Å². The minimum absolute atomic E-state index is 0.226. The number of hydrogen-bond donors (Lipinski definition) is 1. The van der Waals surface area contributed by atoms with Gasteiger partial charge in [0, 0.05) is 18.6 Å². The van der Waals surface area contributed by atoms with E-state index in [1.807, 2.05) is 12.1 Å². The molecule has 0 saturated carbocycles. The van der Waals surface area contributed by atoms with Crippen LogP contribution in [0.15, 0.2) is 24.3 Å². The van der Waals surface area contributed by atoms with Crippen LogP contribution < -0.4 is 10.1 Å². The number of likely N-dealkylation sites (tertiary alicyclic amines) is 1. The third kappa shape index (κ3) is 4.80. The molecular formula is C17H28N2O. The van der Waals surface area contributed by atoms with E-state index < -0.39 is 0 Å². The molecule has 0 spiro atoms. The molecule has 1 aromatic rings. The fourth-order valence-corrected chi connectivity index (χ4v) is 2.66. The number of nitrogens with zero attached hydrogens (tertiary/aromatic N) is 1. The SMILES string of the molecule is COc1ccc(CN2CCC(CNC(C)(C)C)C2)cc1. The molecule has 1 aromatic carbocycles. The van der Waals surface area contributed by atoms with Crippen LogP contribution in [-0.2, 0) is 6.54 Å². The highest BCUT2D eigenvalue weighted by atomic mass is 16.5. The van der Waals surface area contributed by atoms with Gasteiger partial charge in [-0.05, 0) is 63.9 Å². The Morgan fingerprint density at radius 2 is 1.95 bits per heavy atom. The van der Waals surface area contributed by atoms with Crippen molar-refractivity contribution in [3.63, 3.8) is 0 Å². The van der Waals surface area contributed by atoms with Crippen molar-refractivity contribution in [2.24, 2.45) is 5.92 Å². The maximum Gasteiger partial charge on any atom is 0.118 e. The summed E-state index contributed by atoms with van der Waals surface area (Å²) in [5, 5.41) is 3.62. The molecule has 1 unspecified atom stereocenters. The van der Waals surface area contributed by atoms with Crippen LogP contribution >= 0.6 is 0 Å². The maximum absolute atomic E-state index is 5.20. The van der Waals surface area contributed by atoms with E-state index in [0.29, 0.717) is 0 Å². The van der Waals surface area contributed by atoms with Crippen LogP contribution in [0.5, 0.6) is 5.75 Å². The normalized spacial score (nSPS) is 20.3. The fourth-order valence-electron chi connectivity index (χ4n) is 2.66. The standard InChI is InChI=1S/C17H28N2O/c1-17(2,3)18-11-15-9-10-19(13-15)12-14-5-7-16(20-4)8-6-14/h5-8,15,18H,9-13H2,1-4H3. The van der Waals surface area contributed by atoms with Crippen molar-refractivity contribution < 1.29 is 4.74 Å². The molecule has 1 aliphatic rings. The monoisotopic (exact) mass is 276 g/mol. The molecule has 1 saturated heterocycles. The lowest BCUT2D eigenvalue weighted by Gasteiger charge is -2.23. The number of benzene rings is 1. The minimum Gasteiger partial charge on any atom is -0.497 e. The van der Waals surface area contributed by atoms with Crippen LogP contribution in [0.2, 0.25) is 0 Å². The molecule has 1 fully saturated rings. The Bertz CT molecular complexity index is 408. The summed E-state index contributed by atoms with van der Waals surface area (Å²) in [7, 11) is 1.71. The molecule has 20 heavy (non-hydrogen) atoms. The summed E-state index contributed by atoms with van der Waals surface area (Å²) in [6.45, 7) is 11.3. The quantitative estimate of drug-likeness (QED) is 0.895. The molecule has 3 nitrogen and oxygen atoms in total. The first-order chi connectivity index (χ1) is 9.46. The highest BCUT2D eigenvalue weighted by molar-refractivity contribution is 5.27. The van der Waals surface area contributed by atoms with E-state index >= 15 is 0 Å². The Labute approximate surface area is 123 Å². The zero-order valence-electron chi connectivity index (χ0n) is 13.3. The van der Waals surface area contributed by atoms with Gasteiger partial charge in [-0.2, -0.15) is 0 Å². The van der Waals surface area contributed by atoms with Gasteiger partial charge in [0.2, 0.25) is 0 Å². The topological polar surface area (TPSA) is 24.5 Å². The van der Waals surface area contributed by atoms with Gasteiger partial charge in [0.05, 0.1) is 7.11 Å². The first-order valence-corrected chi connectivity index (χ1v) is 7.56. The molecule has 1 aliphatic heterocycles. The molecule has 1 atom stereocenters. The van der Waals surface area contributed by atoms with Crippen LogP contribution in [0.1, 0.15) is 32.8 Å². The molecule has 0 radical (unpaired) electrons. The Hall–Kier alpha value is -1.06. The molecule has 2 rings (SSSR count). The Morgan fingerprint density at radius 1 is 1.25 bits per heavy atom. The lowest BCUT2D eigenvalue weighted by molar-refractivity contribution is 0.305. The summed E-state index contributed by atoms with van der Waals surface area (Å²) >= 11 is 0. The van der Waals surface area contributed by atoms with Gasteiger partial charge in [-0.3, -0.25) is 4.90 Å². The lowest BCUT2D eigenvalue weighted by Crippen LogP contribution is -2.39. The summed E-state index contributed by atoms with van der Waals surface area (Å²) in [5.74, 6) is 1.72. The second-order valence-electron chi connectivity index (χ2n) is 6.87. The third-order valence-electron chi connectivity index (χ3n) is 3.86. The zero-order valence-corrected chi connectivity index (χ0v) is 13.3. The summed E-state index contributed by atoms with van der Waals surface area (Å²) < 4.78 is 5.20. The molecule has 1 heterocycles. The van der Waals surface area contributed by atoms with Crippen molar-refractivity contribution in [2.45, 2.75) is 39.3 Å². The number of rotatable bonds is 5. The number of hydrogen-bond acceptors (Lipinski definition) is 3. The molecule has 0 aliphatic carbocycles. The van der Waals surface area contributed by atoms with E-state index in [4.69, 9.17) is 4.74 Å². The Kier molecular flexibility index (Phi) is 5.06. The largest absolute Gasteiger partial charge is 0.497 e. The van der Waals surface area contributed by atoms with Gasteiger partial charge in [-0.25, -0.2) is 0 Å². The first kappa shape index (κ1) is 15.3. The Morgan fingerprint density at radius 3 is 2.55 bits per heavy atom. The van der Waals surface area contributed by atoms with Crippen LogP contribution in [0.25, 0.3) is 0 Å². The second kappa shape index (κ2) is 6.59. The van der Waals surface area contributed by atoms with E-state index in [0.717, 1.165) is 24.8 Å². The maximum atomic E-state index is 5.20. The van der Waals surface area contributed by atoms with Crippen molar-refractivity contribution in [3.05, 3.63) is 29.8 Å². The predicted octanol–water partition coefficient (Wildman–Crippen LogP) is 2.91. The van der Waals surface area contributed by atoms with E-state index in [1.54, 1.807) is 7.11 Å². The molecule has 3 heteroatoms.